The second-order valence-electron chi connectivity index (χ2n) is 6.96. The summed E-state index contributed by atoms with van der Waals surface area (Å²) in [7, 11) is 0. The summed E-state index contributed by atoms with van der Waals surface area (Å²) in [6.07, 6.45) is -0.827. The molecule has 1 saturated heterocycles. The van der Waals surface area contributed by atoms with Crippen molar-refractivity contribution in [2.75, 3.05) is 13.1 Å². The SMILES string of the molecule is Cc1cc(-n2c(C)cc(/C=C/C(=O)N3CCCC(C(F)(F)F)C3)c2C)no1. The molecule has 5 nitrogen and oxygen atoms in total. The standard InChI is InChI=1S/C19H22F3N3O2/c1-12-9-15(14(3)25(12)17-10-13(2)27-23-17)6-7-18(26)24-8-4-5-16(11-24)19(20,21)22/h6-7,9-10,16H,4-5,8,11H2,1-3H3/b7-6+. The highest BCUT2D eigenvalue weighted by atomic mass is 19.4. The minimum atomic E-state index is -4.26. The molecule has 1 aliphatic heterocycles. The number of likely N-dealkylation sites (tertiary alicyclic amines) is 1. The molecule has 0 aromatic carbocycles. The highest BCUT2D eigenvalue weighted by molar-refractivity contribution is 5.92. The van der Waals surface area contributed by atoms with Crippen LogP contribution in [0.2, 0.25) is 0 Å². The number of hydrogen-bond acceptors (Lipinski definition) is 3. The Kier molecular flexibility index (Phi) is 5.17. The number of hydrogen-bond donors (Lipinski definition) is 0. The van der Waals surface area contributed by atoms with Crippen LogP contribution in [-0.2, 0) is 4.79 Å². The maximum atomic E-state index is 12.9. The van der Waals surface area contributed by atoms with Crippen molar-refractivity contribution >= 4 is 12.0 Å². The van der Waals surface area contributed by atoms with E-state index in [4.69, 9.17) is 4.52 Å². The third-order valence-corrected chi connectivity index (χ3v) is 4.92. The maximum absolute atomic E-state index is 12.9. The second-order valence-corrected chi connectivity index (χ2v) is 6.96. The Labute approximate surface area is 155 Å². The minimum Gasteiger partial charge on any atom is -0.360 e. The lowest BCUT2D eigenvalue weighted by atomic mass is 9.97. The van der Waals surface area contributed by atoms with Gasteiger partial charge in [0.05, 0.1) is 5.92 Å². The number of alkyl halides is 3. The Balaban J connectivity index is 1.75. The Hall–Kier alpha value is -2.51. The van der Waals surface area contributed by atoms with Gasteiger partial charge in [0.15, 0.2) is 5.82 Å². The Morgan fingerprint density at radius 2 is 2.04 bits per heavy atom. The molecular formula is C19H22F3N3O2. The van der Waals surface area contributed by atoms with Crippen LogP contribution < -0.4 is 0 Å². The van der Waals surface area contributed by atoms with Crippen molar-refractivity contribution in [2.45, 2.75) is 39.8 Å². The largest absolute Gasteiger partial charge is 0.393 e. The van der Waals surface area contributed by atoms with E-state index in [-0.39, 0.29) is 13.0 Å². The topological polar surface area (TPSA) is 51.3 Å². The van der Waals surface area contributed by atoms with Gasteiger partial charge in [-0.05, 0) is 51.3 Å². The van der Waals surface area contributed by atoms with E-state index in [2.05, 4.69) is 5.16 Å². The second kappa shape index (κ2) is 7.25. The number of rotatable bonds is 3. The normalized spacial score (nSPS) is 18.4. The van der Waals surface area contributed by atoms with Crippen LogP contribution in [0.15, 0.2) is 22.7 Å². The summed E-state index contributed by atoms with van der Waals surface area (Å²) in [4.78, 5) is 13.6. The highest BCUT2D eigenvalue weighted by Crippen LogP contribution is 2.33. The van der Waals surface area contributed by atoms with Gasteiger partial charge in [0.25, 0.3) is 0 Å². The van der Waals surface area contributed by atoms with Crippen LogP contribution in [0.1, 0.15) is 35.6 Å². The van der Waals surface area contributed by atoms with Crippen molar-refractivity contribution < 1.29 is 22.5 Å². The van der Waals surface area contributed by atoms with Crippen LogP contribution in [0.5, 0.6) is 0 Å². The number of aryl methyl sites for hydroxylation is 2. The van der Waals surface area contributed by atoms with Crippen molar-refractivity contribution in [3.8, 4) is 5.82 Å². The summed E-state index contributed by atoms with van der Waals surface area (Å²) in [6.45, 7) is 5.68. The van der Waals surface area contributed by atoms with E-state index in [1.54, 1.807) is 13.0 Å². The number of amides is 1. The van der Waals surface area contributed by atoms with E-state index in [1.807, 2.05) is 30.5 Å². The lowest BCUT2D eigenvalue weighted by molar-refractivity contribution is -0.187. The fourth-order valence-electron chi connectivity index (χ4n) is 3.48. The number of carbonyl (C=O) groups is 1. The lowest BCUT2D eigenvalue weighted by Gasteiger charge is -2.33. The fraction of sp³-hybridized carbons (Fsp3) is 0.474. The molecule has 3 heterocycles. The molecule has 27 heavy (non-hydrogen) atoms. The zero-order chi connectivity index (χ0) is 19.8. The van der Waals surface area contributed by atoms with Crippen molar-refractivity contribution in [2.24, 2.45) is 5.92 Å². The number of halogens is 3. The van der Waals surface area contributed by atoms with Crippen molar-refractivity contribution in [1.82, 2.24) is 14.6 Å². The van der Waals surface area contributed by atoms with E-state index < -0.39 is 18.0 Å². The molecule has 1 atom stereocenters. The first-order valence-corrected chi connectivity index (χ1v) is 8.83. The summed E-state index contributed by atoms with van der Waals surface area (Å²) < 4.78 is 45.8. The van der Waals surface area contributed by atoms with Crippen LogP contribution in [0.4, 0.5) is 13.2 Å². The van der Waals surface area contributed by atoms with Gasteiger partial charge >= 0.3 is 6.18 Å². The minimum absolute atomic E-state index is 0.0786. The zero-order valence-corrected chi connectivity index (χ0v) is 15.5. The van der Waals surface area contributed by atoms with Crippen LogP contribution in [-0.4, -0.2) is 39.8 Å². The van der Waals surface area contributed by atoms with Crippen LogP contribution >= 0.6 is 0 Å². The molecule has 0 N–H and O–H groups in total. The van der Waals surface area contributed by atoms with Gasteiger partial charge < -0.3 is 9.42 Å². The molecule has 0 bridgehead atoms. The molecule has 1 unspecified atom stereocenters. The first-order valence-electron chi connectivity index (χ1n) is 8.83. The van der Waals surface area contributed by atoms with E-state index in [0.717, 1.165) is 17.0 Å². The van der Waals surface area contributed by atoms with Gasteiger partial charge in [-0.2, -0.15) is 13.2 Å². The Bertz CT molecular complexity index is 864. The fourth-order valence-corrected chi connectivity index (χ4v) is 3.48. The van der Waals surface area contributed by atoms with Crippen molar-refractivity contribution in [3.63, 3.8) is 0 Å². The molecular weight excluding hydrogens is 359 g/mol. The zero-order valence-electron chi connectivity index (χ0n) is 15.5. The van der Waals surface area contributed by atoms with Gasteiger partial charge in [-0.1, -0.05) is 5.16 Å². The molecule has 8 heteroatoms. The number of piperidine rings is 1. The van der Waals surface area contributed by atoms with Gasteiger partial charge in [0.1, 0.15) is 5.76 Å². The monoisotopic (exact) mass is 381 g/mol. The Morgan fingerprint density at radius 3 is 2.67 bits per heavy atom. The summed E-state index contributed by atoms with van der Waals surface area (Å²) in [5.74, 6) is -0.498. The molecule has 0 spiro atoms. The van der Waals surface area contributed by atoms with Gasteiger partial charge in [-0.25, -0.2) is 0 Å². The summed E-state index contributed by atoms with van der Waals surface area (Å²) in [6, 6.07) is 3.71. The summed E-state index contributed by atoms with van der Waals surface area (Å²) >= 11 is 0. The molecule has 3 rings (SSSR count). The Morgan fingerprint density at radius 1 is 1.30 bits per heavy atom. The van der Waals surface area contributed by atoms with E-state index in [9.17, 15) is 18.0 Å². The highest BCUT2D eigenvalue weighted by Gasteiger charge is 2.42. The average molecular weight is 381 g/mol. The number of nitrogens with zero attached hydrogens (tertiary/aromatic N) is 3. The van der Waals surface area contributed by atoms with Crippen LogP contribution in [0.25, 0.3) is 11.9 Å². The predicted octanol–water partition coefficient (Wildman–Crippen LogP) is 4.20. The average Bonchev–Trinajstić information content (AvgIpc) is 3.14. The van der Waals surface area contributed by atoms with E-state index in [1.165, 1.54) is 11.0 Å². The van der Waals surface area contributed by atoms with Crippen molar-refractivity contribution in [3.05, 3.63) is 40.9 Å². The molecule has 2 aromatic heterocycles. The first kappa shape index (κ1) is 19.3. The van der Waals surface area contributed by atoms with Gasteiger partial charge in [0.2, 0.25) is 5.91 Å². The van der Waals surface area contributed by atoms with Crippen LogP contribution in [0, 0.1) is 26.7 Å². The molecule has 146 valence electrons. The molecule has 1 aliphatic rings. The van der Waals surface area contributed by atoms with Gasteiger partial charge in [0, 0.05) is 36.6 Å². The third kappa shape index (κ3) is 4.09. The number of carbonyl (C=O) groups excluding carboxylic acids is 1. The maximum Gasteiger partial charge on any atom is 0.393 e. The molecule has 0 saturated carbocycles. The van der Waals surface area contributed by atoms with Crippen LogP contribution in [0.3, 0.4) is 0 Å². The molecule has 0 aliphatic carbocycles. The van der Waals surface area contributed by atoms with E-state index >= 15 is 0 Å². The smallest absolute Gasteiger partial charge is 0.360 e. The molecule has 2 aromatic rings. The predicted molar refractivity (Wildman–Crippen MR) is 94.4 cm³/mol. The molecule has 1 amide bonds. The first-order chi connectivity index (χ1) is 12.7. The summed E-state index contributed by atoms with van der Waals surface area (Å²) in [5, 5.41) is 4.00. The van der Waals surface area contributed by atoms with Crippen molar-refractivity contribution in [1.29, 1.82) is 0 Å². The third-order valence-electron chi connectivity index (χ3n) is 4.92. The number of aromatic nitrogens is 2. The molecule has 0 radical (unpaired) electrons. The quantitative estimate of drug-likeness (QED) is 0.749. The molecule has 1 fully saturated rings. The summed E-state index contributed by atoms with van der Waals surface area (Å²) in [5.41, 5.74) is 2.60. The van der Waals surface area contributed by atoms with E-state index in [0.29, 0.717) is 24.5 Å². The van der Waals surface area contributed by atoms with Gasteiger partial charge in [-0.15, -0.1) is 0 Å². The van der Waals surface area contributed by atoms with Gasteiger partial charge in [-0.3, -0.25) is 9.36 Å². The lowest BCUT2D eigenvalue weighted by Crippen LogP contribution is -2.44.